The van der Waals surface area contributed by atoms with E-state index in [9.17, 15) is 14.7 Å². The van der Waals surface area contributed by atoms with Crippen molar-refractivity contribution in [1.82, 2.24) is 4.90 Å². The molecule has 3 saturated heterocycles. The van der Waals surface area contributed by atoms with Gasteiger partial charge in [0.1, 0.15) is 6.10 Å². The summed E-state index contributed by atoms with van der Waals surface area (Å²) in [5.74, 6) is -1.23. The Labute approximate surface area is 142 Å². The molecule has 3 fully saturated rings. The van der Waals surface area contributed by atoms with E-state index in [1.807, 2.05) is 0 Å². The predicted octanol–water partition coefficient (Wildman–Crippen LogP) is 1.27. The van der Waals surface area contributed by atoms with Crippen LogP contribution >= 0.6 is 0 Å². The molecule has 1 N–H and O–H groups in total. The minimum absolute atomic E-state index is 0.113. The third kappa shape index (κ3) is 2.97. The second kappa shape index (κ2) is 6.48. The molecule has 3 rings (SSSR count). The fourth-order valence-electron chi connectivity index (χ4n) is 4.11. The van der Waals surface area contributed by atoms with Gasteiger partial charge in [0.05, 0.1) is 12.6 Å². The Morgan fingerprint density at radius 1 is 1.29 bits per heavy atom. The lowest BCUT2D eigenvalue weighted by atomic mass is 9.85. The molecule has 134 valence electrons. The molecule has 0 radical (unpaired) electrons. The van der Waals surface area contributed by atoms with Gasteiger partial charge in [-0.1, -0.05) is 13.0 Å². The molecule has 0 unspecified atom stereocenters. The number of carbonyl (C=O) groups excluding carboxylic acids is 2. The van der Waals surface area contributed by atoms with Gasteiger partial charge in [0.25, 0.3) is 0 Å². The second-order valence-corrected chi connectivity index (χ2v) is 7.47. The van der Waals surface area contributed by atoms with E-state index in [1.54, 1.807) is 19.9 Å². The second-order valence-electron chi connectivity index (χ2n) is 7.47. The molecule has 24 heavy (non-hydrogen) atoms. The van der Waals surface area contributed by atoms with Gasteiger partial charge in [-0.3, -0.25) is 4.90 Å². The van der Waals surface area contributed by atoms with E-state index in [4.69, 9.17) is 9.47 Å². The minimum atomic E-state index is -1.62. The molecule has 0 spiro atoms. The monoisotopic (exact) mass is 337 g/mol. The van der Waals surface area contributed by atoms with Crippen molar-refractivity contribution in [3.63, 3.8) is 0 Å². The Bertz CT molecular complexity index is 556. The largest absolute Gasteiger partial charge is 0.463 e. The standard InChI is InChI=1S/C18H27NO5/c1-4-12-9-11(2)18(3,22)17(21)23-10-13-5-7-19-8-6-14(15(13)19)24-16(12)20/h4,11,13-15,22H,5-10H2,1-3H3/t11-,13-,14-,15-,18-/m1/s1. The van der Waals surface area contributed by atoms with Crippen molar-refractivity contribution >= 4 is 11.9 Å². The number of esters is 2. The molecular weight excluding hydrogens is 310 g/mol. The van der Waals surface area contributed by atoms with Gasteiger partial charge >= 0.3 is 11.9 Å². The van der Waals surface area contributed by atoms with E-state index in [1.165, 1.54) is 6.92 Å². The first-order valence-corrected chi connectivity index (χ1v) is 8.84. The topological polar surface area (TPSA) is 76.1 Å². The van der Waals surface area contributed by atoms with Crippen molar-refractivity contribution < 1.29 is 24.2 Å². The Morgan fingerprint density at radius 2 is 2.00 bits per heavy atom. The summed E-state index contributed by atoms with van der Waals surface area (Å²) in [6.45, 7) is 7.11. The Balaban J connectivity index is 1.89. The van der Waals surface area contributed by atoms with Crippen molar-refractivity contribution in [1.29, 1.82) is 0 Å². The van der Waals surface area contributed by atoms with Gasteiger partial charge in [-0.25, -0.2) is 9.59 Å². The number of allylic oxidation sites excluding steroid dienone is 1. The highest BCUT2D eigenvalue weighted by Crippen LogP contribution is 2.36. The average molecular weight is 337 g/mol. The zero-order chi connectivity index (χ0) is 17.5. The van der Waals surface area contributed by atoms with Crippen LogP contribution < -0.4 is 0 Å². The van der Waals surface area contributed by atoms with Crippen LogP contribution in [0.1, 0.15) is 40.0 Å². The molecule has 0 aromatic rings. The highest BCUT2D eigenvalue weighted by atomic mass is 16.6. The van der Waals surface area contributed by atoms with Crippen molar-refractivity contribution in [3.8, 4) is 0 Å². The zero-order valence-corrected chi connectivity index (χ0v) is 14.7. The number of rotatable bonds is 0. The normalized spacial score (nSPS) is 42.9. The average Bonchev–Trinajstić information content (AvgIpc) is 3.12. The summed E-state index contributed by atoms with van der Waals surface area (Å²) >= 11 is 0. The van der Waals surface area contributed by atoms with Gasteiger partial charge in [0.2, 0.25) is 0 Å². The molecule has 5 atom stereocenters. The van der Waals surface area contributed by atoms with Crippen LogP contribution in [0.25, 0.3) is 0 Å². The lowest BCUT2D eigenvalue weighted by molar-refractivity contribution is -0.172. The summed E-state index contributed by atoms with van der Waals surface area (Å²) in [7, 11) is 0. The summed E-state index contributed by atoms with van der Waals surface area (Å²) in [6.07, 6.45) is 3.59. The maximum atomic E-state index is 12.6. The number of aliphatic hydroxyl groups is 1. The van der Waals surface area contributed by atoms with Crippen LogP contribution in [0.2, 0.25) is 0 Å². The van der Waals surface area contributed by atoms with Crippen LogP contribution in [-0.4, -0.2) is 59.4 Å². The first-order valence-electron chi connectivity index (χ1n) is 8.84. The smallest absolute Gasteiger partial charge is 0.338 e. The molecule has 0 aliphatic carbocycles. The molecule has 0 amide bonds. The summed E-state index contributed by atoms with van der Waals surface area (Å²) in [5, 5.41) is 10.6. The number of ether oxygens (including phenoxy) is 2. The third-order valence-electron chi connectivity index (χ3n) is 5.97. The Morgan fingerprint density at radius 3 is 2.71 bits per heavy atom. The van der Waals surface area contributed by atoms with E-state index in [2.05, 4.69) is 4.90 Å². The molecule has 6 heteroatoms. The molecule has 0 aromatic heterocycles. The molecule has 3 aliphatic heterocycles. The van der Waals surface area contributed by atoms with Crippen LogP contribution in [0.5, 0.6) is 0 Å². The number of hydrogen-bond donors (Lipinski definition) is 1. The van der Waals surface area contributed by atoms with Gasteiger partial charge in [-0.05, 0) is 45.6 Å². The maximum Gasteiger partial charge on any atom is 0.338 e. The highest BCUT2D eigenvalue weighted by molar-refractivity contribution is 5.89. The number of hydrogen-bond acceptors (Lipinski definition) is 6. The van der Waals surface area contributed by atoms with Gasteiger partial charge < -0.3 is 14.6 Å². The van der Waals surface area contributed by atoms with E-state index in [0.717, 1.165) is 25.9 Å². The molecule has 0 bridgehead atoms. The third-order valence-corrected chi connectivity index (χ3v) is 5.97. The highest BCUT2D eigenvalue weighted by Gasteiger charge is 2.48. The van der Waals surface area contributed by atoms with Crippen LogP contribution in [0, 0.1) is 11.8 Å². The summed E-state index contributed by atoms with van der Waals surface area (Å²) in [4.78, 5) is 27.3. The van der Waals surface area contributed by atoms with Crippen LogP contribution in [0.4, 0.5) is 0 Å². The van der Waals surface area contributed by atoms with E-state index < -0.39 is 17.5 Å². The summed E-state index contributed by atoms with van der Waals surface area (Å²) < 4.78 is 11.3. The van der Waals surface area contributed by atoms with Gasteiger partial charge in [-0.2, -0.15) is 0 Å². The quantitative estimate of drug-likeness (QED) is 0.530. The summed E-state index contributed by atoms with van der Waals surface area (Å²) in [6, 6.07) is 0.113. The molecule has 3 heterocycles. The van der Waals surface area contributed by atoms with E-state index in [0.29, 0.717) is 5.57 Å². The Kier molecular flexibility index (Phi) is 4.71. The minimum Gasteiger partial charge on any atom is -0.463 e. The van der Waals surface area contributed by atoms with Gasteiger partial charge in [0.15, 0.2) is 5.60 Å². The van der Waals surface area contributed by atoms with Crippen molar-refractivity contribution in [2.45, 2.75) is 57.8 Å². The first-order chi connectivity index (χ1) is 11.3. The zero-order valence-electron chi connectivity index (χ0n) is 14.7. The molecule has 3 aliphatic rings. The van der Waals surface area contributed by atoms with Crippen LogP contribution in [-0.2, 0) is 19.1 Å². The molecule has 6 nitrogen and oxygen atoms in total. The number of cyclic esters (lactones) is 1. The van der Waals surface area contributed by atoms with Gasteiger partial charge in [0, 0.05) is 18.0 Å². The number of carbonyl (C=O) groups is 2. The lowest BCUT2D eigenvalue weighted by Gasteiger charge is -2.32. The lowest BCUT2D eigenvalue weighted by Crippen LogP contribution is -2.46. The van der Waals surface area contributed by atoms with Crippen LogP contribution in [0.3, 0.4) is 0 Å². The molecule has 0 saturated carbocycles. The van der Waals surface area contributed by atoms with E-state index in [-0.39, 0.29) is 37.1 Å². The first kappa shape index (κ1) is 17.4. The number of nitrogens with zero attached hydrogens (tertiary/aromatic N) is 1. The molecular formula is C18H27NO5. The fourth-order valence-corrected chi connectivity index (χ4v) is 4.11. The van der Waals surface area contributed by atoms with E-state index >= 15 is 0 Å². The fraction of sp³-hybridized carbons (Fsp3) is 0.778. The SMILES string of the molecule is CC=C1C[C@@H](C)[C@@](C)(O)C(=O)OC[C@H]2CCN3CC[C@@H](OC1=O)[C@@H]23. The van der Waals surface area contributed by atoms with Crippen molar-refractivity contribution in [3.05, 3.63) is 11.6 Å². The van der Waals surface area contributed by atoms with Gasteiger partial charge in [-0.15, -0.1) is 0 Å². The van der Waals surface area contributed by atoms with Crippen molar-refractivity contribution in [2.75, 3.05) is 19.7 Å². The Hall–Kier alpha value is -1.40. The summed E-state index contributed by atoms with van der Waals surface area (Å²) in [5.41, 5.74) is -1.12. The molecule has 0 aromatic carbocycles. The predicted molar refractivity (Wildman–Crippen MR) is 87.1 cm³/mol. The van der Waals surface area contributed by atoms with Crippen LogP contribution in [0.15, 0.2) is 11.6 Å². The maximum absolute atomic E-state index is 12.6. The van der Waals surface area contributed by atoms with Crippen molar-refractivity contribution in [2.24, 2.45) is 11.8 Å².